The summed E-state index contributed by atoms with van der Waals surface area (Å²) < 4.78 is 5.45. The molecule has 0 spiro atoms. The Morgan fingerprint density at radius 2 is 1.42 bits per heavy atom. The average Bonchev–Trinajstić information content (AvgIpc) is 3.59. The molecule has 3 aromatic rings. The topological polar surface area (TPSA) is 166 Å². The molecule has 0 aliphatic carbocycles. The van der Waals surface area contributed by atoms with Crippen LogP contribution >= 0.6 is 0 Å². The van der Waals surface area contributed by atoms with E-state index in [9.17, 15) is 24.0 Å². The predicted molar refractivity (Wildman–Crippen MR) is 185 cm³/mol. The summed E-state index contributed by atoms with van der Waals surface area (Å²) in [7, 11) is 2.10. The summed E-state index contributed by atoms with van der Waals surface area (Å²) in [6.45, 7) is 3.85. The van der Waals surface area contributed by atoms with Gasteiger partial charge in [0.1, 0.15) is 18.1 Å². The van der Waals surface area contributed by atoms with Crippen LogP contribution in [0.4, 0.5) is 0 Å². The number of hydrogen-bond donors (Lipinski definition) is 4. The van der Waals surface area contributed by atoms with Crippen LogP contribution in [0.15, 0.2) is 71.3 Å². The second-order valence-electron chi connectivity index (χ2n) is 13.3. The number of carbonyl (C=O) groups is 5. The Labute approximate surface area is 292 Å². The lowest BCUT2D eigenvalue weighted by atomic mass is 9.92. The zero-order valence-electron chi connectivity index (χ0n) is 28.7. The third-order valence-electron chi connectivity index (χ3n) is 9.35. The van der Waals surface area contributed by atoms with E-state index in [1.807, 2.05) is 60.7 Å². The van der Waals surface area contributed by atoms with Crippen molar-refractivity contribution >= 4 is 29.5 Å². The molecule has 50 heavy (non-hydrogen) atoms. The molecule has 3 heterocycles. The number of hydrogen-bond acceptors (Lipinski definition) is 8. The third kappa shape index (κ3) is 10.5. The highest BCUT2D eigenvalue weighted by Crippen LogP contribution is 2.22. The fourth-order valence-electron chi connectivity index (χ4n) is 6.27. The van der Waals surface area contributed by atoms with E-state index in [1.54, 1.807) is 4.90 Å². The van der Waals surface area contributed by atoms with Crippen LogP contribution in [0.25, 0.3) is 0 Å². The molecule has 0 radical (unpaired) electrons. The molecule has 1 saturated heterocycles. The monoisotopic (exact) mass is 685 g/mol. The van der Waals surface area contributed by atoms with E-state index in [1.165, 1.54) is 13.0 Å². The minimum absolute atomic E-state index is 0.0454. The molecule has 0 unspecified atom stereocenters. The van der Waals surface area contributed by atoms with Gasteiger partial charge in [-0.15, -0.1) is 0 Å². The molecule has 2 aromatic carbocycles. The van der Waals surface area contributed by atoms with Crippen molar-refractivity contribution in [2.75, 3.05) is 33.2 Å². The van der Waals surface area contributed by atoms with Crippen LogP contribution in [0.5, 0.6) is 0 Å². The van der Waals surface area contributed by atoms with Gasteiger partial charge in [-0.3, -0.25) is 24.0 Å². The van der Waals surface area contributed by atoms with E-state index < -0.39 is 41.8 Å². The van der Waals surface area contributed by atoms with Crippen LogP contribution in [0, 0.1) is 5.92 Å². The Hall–Kier alpha value is -5.04. The van der Waals surface area contributed by atoms with E-state index in [-0.39, 0.29) is 44.1 Å². The molecule has 1 aromatic heterocycles. The number of benzene rings is 2. The van der Waals surface area contributed by atoms with Gasteiger partial charge < -0.3 is 35.6 Å². The summed E-state index contributed by atoms with van der Waals surface area (Å²) in [5, 5.41) is 15.0. The molecule has 4 N–H and O–H groups in total. The lowest BCUT2D eigenvalue weighted by Crippen LogP contribution is -2.57. The van der Waals surface area contributed by atoms with Crippen molar-refractivity contribution in [2.45, 2.75) is 70.1 Å². The Morgan fingerprint density at radius 1 is 0.820 bits per heavy atom. The molecule has 5 rings (SSSR count). The van der Waals surface area contributed by atoms with Crippen molar-refractivity contribution in [3.05, 3.63) is 89.3 Å². The lowest BCUT2D eigenvalue weighted by molar-refractivity contribution is -0.133. The van der Waals surface area contributed by atoms with Gasteiger partial charge in [-0.05, 0) is 63.4 Å². The Morgan fingerprint density at radius 3 is 2.06 bits per heavy atom. The maximum Gasteiger partial charge on any atom is 0.274 e. The van der Waals surface area contributed by atoms with Crippen molar-refractivity contribution in [1.29, 1.82) is 0 Å². The van der Waals surface area contributed by atoms with Crippen molar-refractivity contribution < 1.29 is 28.5 Å². The molecular formula is C37H47N7O6. The van der Waals surface area contributed by atoms with Gasteiger partial charge in [0.15, 0.2) is 11.5 Å². The molecule has 5 amide bonds. The highest BCUT2D eigenvalue weighted by atomic mass is 16.5. The van der Waals surface area contributed by atoms with E-state index in [0.29, 0.717) is 18.1 Å². The highest BCUT2D eigenvalue weighted by Gasteiger charge is 2.30. The number of fused-ring (bicyclic) bond motifs is 2. The normalized spacial score (nSPS) is 22.0. The van der Waals surface area contributed by atoms with Crippen LogP contribution in [0.3, 0.4) is 0 Å². The van der Waals surface area contributed by atoms with Gasteiger partial charge in [0.05, 0.1) is 6.54 Å². The zero-order valence-corrected chi connectivity index (χ0v) is 28.7. The fourth-order valence-corrected chi connectivity index (χ4v) is 6.27. The number of nitrogens with zero attached hydrogens (tertiary/aromatic N) is 3. The van der Waals surface area contributed by atoms with Crippen molar-refractivity contribution in [3.8, 4) is 0 Å². The number of carbonyl (C=O) groups excluding carboxylic acids is 5. The van der Waals surface area contributed by atoms with Crippen LogP contribution in [0.1, 0.15) is 60.0 Å². The number of likely N-dealkylation sites (tertiary alicyclic amines) is 1. The van der Waals surface area contributed by atoms with Gasteiger partial charge >= 0.3 is 0 Å². The summed E-state index contributed by atoms with van der Waals surface area (Å²) >= 11 is 0. The molecule has 3 atom stereocenters. The smallest absolute Gasteiger partial charge is 0.274 e. The first kappa shape index (κ1) is 36.2. The average molecular weight is 686 g/mol. The van der Waals surface area contributed by atoms with Gasteiger partial charge in [-0.2, -0.15) is 0 Å². The second kappa shape index (κ2) is 17.6. The number of rotatable bonds is 7. The Balaban J connectivity index is 1.38. The quantitative estimate of drug-likeness (QED) is 0.293. The van der Waals surface area contributed by atoms with Crippen molar-refractivity contribution in [3.63, 3.8) is 0 Å². The van der Waals surface area contributed by atoms with Gasteiger partial charge in [-0.25, -0.2) is 0 Å². The first-order valence-electron chi connectivity index (χ1n) is 17.3. The van der Waals surface area contributed by atoms with Crippen LogP contribution in [0.2, 0.25) is 0 Å². The Bertz CT molecular complexity index is 1610. The predicted octanol–water partition coefficient (Wildman–Crippen LogP) is 1.83. The minimum Gasteiger partial charge on any atom is -0.359 e. The van der Waals surface area contributed by atoms with Gasteiger partial charge in [0, 0.05) is 38.4 Å². The lowest BCUT2D eigenvalue weighted by Gasteiger charge is -2.29. The molecule has 266 valence electrons. The summed E-state index contributed by atoms with van der Waals surface area (Å²) in [6, 6.07) is 16.9. The molecule has 13 nitrogen and oxygen atoms in total. The summed E-state index contributed by atoms with van der Waals surface area (Å²) in [4.78, 5) is 71.4. The zero-order chi connectivity index (χ0) is 35.5. The van der Waals surface area contributed by atoms with Crippen LogP contribution < -0.4 is 21.3 Å². The SMILES string of the molecule is C[C@@H]1NC(=O)c2cc(on2)CN(C(=O)CCC2CCN(C)CC2)CCNC(=O)[C@@H](Cc2ccccc2)NC(=O)[C@H](Cc2ccccc2)NC1=O. The fraction of sp³-hybridized carbons (Fsp3) is 0.459. The summed E-state index contributed by atoms with van der Waals surface area (Å²) in [6.07, 6.45) is 3.53. The first-order chi connectivity index (χ1) is 24.1. The standard InChI is InChI=1S/C37H47N7O6/c1-25-34(46)40-31(22-28-11-7-4-8-12-28)36(48)41-30(21-27-9-5-3-6-10-27)35(47)38-17-20-44(24-29-23-32(42-50-29)37(49)39-25)33(45)14-13-26-15-18-43(2)19-16-26/h3-12,23,25-26,30-31H,13-22,24H2,1-2H3,(H,38,47)(H,39,49)(H,40,46)(H,41,48)/t25-,30+,31-/m0/s1. The molecule has 1 fully saturated rings. The van der Waals surface area contributed by atoms with Gasteiger partial charge in [0.2, 0.25) is 23.6 Å². The number of piperidine rings is 1. The molecule has 2 bridgehead atoms. The second-order valence-corrected chi connectivity index (χ2v) is 13.3. The molecule has 0 saturated carbocycles. The maximum atomic E-state index is 13.8. The Kier molecular flexibility index (Phi) is 12.7. The van der Waals surface area contributed by atoms with Crippen LogP contribution in [-0.2, 0) is 38.6 Å². The van der Waals surface area contributed by atoms with Crippen molar-refractivity contribution in [2.24, 2.45) is 5.92 Å². The van der Waals surface area contributed by atoms with E-state index in [2.05, 4.69) is 38.4 Å². The summed E-state index contributed by atoms with van der Waals surface area (Å²) in [5.74, 6) is -1.54. The van der Waals surface area contributed by atoms with E-state index in [4.69, 9.17) is 4.52 Å². The molecule has 13 heteroatoms. The largest absolute Gasteiger partial charge is 0.359 e. The van der Waals surface area contributed by atoms with E-state index >= 15 is 0 Å². The first-order valence-corrected chi connectivity index (χ1v) is 17.3. The number of nitrogens with one attached hydrogen (secondary N) is 4. The number of amides is 5. The third-order valence-corrected chi connectivity index (χ3v) is 9.35. The molecule has 2 aliphatic rings. The minimum atomic E-state index is -1.05. The molecular weight excluding hydrogens is 638 g/mol. The van der Waals surface area contributed by atoms with Gasteiger partial charge in [0.25, 0.3) is 5.91 Å². The van der Waals surface area contributed by atoms with E-state index in [0.717, 1.165) is 43.5 Å². The van der Waals surface area contributed by atoms with Crippen molar-refractivity contribution in [1.82, 2.24) is 36.2 Å². The van der Waals surface area contributed by atoms with Gasteiger partial charge in [-0.1, -0.05) is 65.8 Å². The molecule has 2 aliphatic heterocycles. The maximum absolute atomic E-state index is 13.8. The number of aromatic nitrogens is 1. The highest BCUT2D eigenvalue weighted by molar-refractivity contribution is 5.97. The van der Waals surface area contributed by atoms with Crippen LogP contribution in [-0.4, -0.2) is 95.8 Å². The summed E-state index contributed by atoms with van der Waals surface area (Å²) in [5.41, 5.74) is 1.59.